The molecule has 1 aromatic carbocycles. The van der Waals surface area contributed by atoms with E-state index in [1.807, 2.05) is 6.07 Å². The second-order valence-electron chi connectivity index (χ2n) is 5.74. The number of nitrogen functional groups attached to an aromatic ring is 1. The molecule has 0 aliphatic rings. The molecule has 22 heavy (non-hydrogen) atoms. The average molecular weight is 314 g/mol. The highest BCUT2D eigenvalue weighted by atomic mass is 32.1. The van der Waals surface area contributed by atoms with Crippen LogP contribution in [-0.4, -0.2) is 5.84 Å². The lowest BCUT2D eigenvalue weighted by atomic mass is 10.1. The third-order valence-corrected chi connectivity index (χ3v) is 5.02. The molecule has 2 rings (SSSR count). The van der Waals surface area contributed by atoms with Gasteiger partial charge in [-0.3, -0.25) is 5.41 Å². The first-order chi connectivity index (χ1) is 10.7. The fourth-order valence-electron chi connectivity index (χ4n) is 2.61. The van der Waals surface area contributed by atoms with Gasteiger partial charge in [-0.1, -0.05) is 63.3 Å². The van der Waals surface area contributed by atoms with Gasteiger partial charge >= 0.3 is 0 Å². The summed E-state index contributed by atoms with van der Waals surface area (Å²) in [7, 11) is 0. The van der Waals surface area contributed by atoms with Crippen LogP contribution in [0, 0.1) is 5.41 Å². The highest BCUT2D eigenvalue weighted by Gasteiger charge is 2.06. The van der Waals surface area contributed by atoms with Crippen molar-refractivity contribution in [2.75, 3.05) is 0 Å². The number of thiophene rings is 1. The fraction of sp³-hybridized carbons (Fsp3) is 0.421. The van der Waals surface area contributed by atoms with E-state index in [1.165, 1.54) is 54.2 Å². The van der Waals surface area contributed by atoms with E-state index in [1.54, 1.807) is 11.3 Å². The third kappa shape index (κ3) is 4.70. The Morgan fingerprint density at radius 3 is 2.73 bits per heavy atom. The SMILES string of the molecule is CCCCCCCCC=Cc1cccc2sc(C(=N)N)cc12. The van der Waals surface area contributed by atoms with Crippen LogP contribution in [0.1, 0.15) is 62.3 Å². The van der Waals surface area contributed by atoms with Crippen molar-refractivity contribution in [3.05, 3.63) is 40.8 Å². The van der Waals surface area contributed by atoms with Crippen molar-refractivity contribution in [3.8, 4) is 0 Å². The van der Waals surface area contributed by atoms with Crippen molar-refractivity contribution in [2.24, 2.45) is 5.73 Å². The minimum Gasteiger partial charge on any atom is -0.383 e. The fourth-order valence-corrected chi connectivity index (χ4v) is 3.57. The molecule has 0 amide bonds. The van der Waals surface area contributed by atoms with Gasteiger partial charge in [0.15, 0.2) is 0 Å². The van der Waals surface area contributed by atoms with Gasteiger partial charge in [-0.05, 0) is 30.5 Å². The van der Waals surface area contributed by atoms with Gasteiger partial charge < -0.3 is 5.73 Å². The average Bonchev–Trinajstić information content (AvgIpc) is 2.95. The van der Waals surface area contributed by atoms with Crippen LogP contribution in [0.4, 0.5) is 0 Å². The van der Waals surface area contributed by atoms with Gasteiger partial charge in [0.2, 0.25) is 0 Å². The number of unbranched alkanes of at least 4 members (excludes halogenated alkanes) is 6. The van der Waals surface area contributed by atoms with Crippen LogP contribution >= 0.6 is 11.3 Å². The quantitative estimate of drug-likeness (QED) is 0.335. The summed E-state index contributed by atoms with van der Waals surface area (Å²) in [5.41, 5.74) is 6.82. The number of rotatable bonds is 9. The first-order valence-corrected chi connectivity index (χ1v) is 9.07. The maximum absolute atomic E-state index is 7.57. The summed E-state index contributed by atoms with van der Waals surface area (Å²) in [5, 5.41) is 8.78. The van der Waals surface area contributed by atoms with Crippen molar-refractivity contribution >= 4 is 33.3 Å². The van der Waals surface area contributed by atoms with Gasteiger partial charge in [-0.2, -0.15) is 0 Å². The van der Waals surface area contributed by atoms with Crippen LogP contribution in [0.5, 0.6) is 0 Å². The van der Waals surface area contributed by atoms with Crippen molar-refractivity contribution in [3.63, 3.8) is 0 Å². The van der Waals surface area contributed by atoms with Gasteiger partial charge in [-0.25, -0.2) is 0 Å². The van der Waals surface area contributed by atoms with Crippen LogP contribution < -0.4 is 5.73 Å². The molecule has 2 aromatic rings. The molecule has 0 atom stereocenters. The summed E-state index contributed by atoms with van der Waals surface area (Å²) in [6, 6.07) is 8.34. The molecule has 0 saturated heterocycles. The zero-order valence-corrected chi connectivity index (χ0v) is 14.2. The molecule has 1 heterocycles. The monoisotopic (exact) mass is 314 g/mol. The zero-order chi connectivity index (χ0) is 15.8. The van der Waals surface area contributed by atoms with Gasteiger partial charge in [0.05, 0.1) is 4.88 Å². The van der Waals surface area contributed by atoms with Gasteiger partial charge in [0.1, 0.15) is 5.84 Å². The largest absolute Gasteiger partial charge is 0.383 e. The number of nitrogens with one attached hydrogen (secondary N) is 1. The number of benzene rings is 1. The maximum atomic E-state index is 7.57. The zero-order valence-electron chi connectivity index (χ0n) is 13.4. The third-order valence-electron chi connectivity index (χ3n) is 3.88. The number of allylic oxidation sites excluding steroid dienone is 1. The maximum Gasteiger partial charge on any atom is 0.133 e. The Hall–Kier alpha value is -1.61. The Bertz CT molecular complexity index is 640. The summed E-state index contributed by atoms with van der Waals surface area (Å²) in [4.78, 5) is 0.853. The van der Waals surface area contributed by atoms with E-state index in [2.05, 4.69) is 37.3 Å². The van der Waals surface area contributed by atoms with E-state index in [0.717, 1.165) is 11.3 Å². The Morgan fingerprint density at radius 1 is 1.18 bits per heavy atom. The Kier molecular flexibility index (Phi) is 6.66. The summed E-state index contributed by atoms with van der Waals surface area (Å²) in [6.07, 6.45) is 13.7. The highest BCUT2D eigenvalue weighted by Crippen LogP contribution is 2.29. The topological polar surface area (TPSA) is 49.9 Å². The predicted octanol–water partition coefficient (Wildman–Crippen LogP) is 5.95. The second kappa shape index (κ2) is 8.74. The van der Waals surface area contributed by atoms with E-state index < -0.39 is 0 Å². The molecule has 3 heteroatoms. The molecule has 0 aliphatic heterocycles. The molecular formula is C19H26N2S. The number of hydrogen-bond donors (Lipinski definition) is 2. The molecule has 3 N–H and O–H groups in total. The number of nitrogens with two attached hydrogens (primary N) is 1. The number of fused-ring (bicyclic) bond motifs is 1. The molecule has 0 fully saturated rings. The molecule has 118 valence electrons. The molecule has 2 nitrogen and oxygen atoms in total. The van der Waals surface area contributed by atoms with Gasteiger partial charge in [0.25, 0.3) is 0 Å². The molecule has 0 unspecified atom stereocenters. The molecule has 0 spiro atoms. The van der Waals surface area contributed by atoms with Crippen molar-refractivity contribution in [1.82, 2.24) is 0 Å². The van der Waals surface area contributed by atoms with Crippen LogP contribution in [0.15, 0.2) is 30.3 Å². The Balaban J connectivity index is 1.91. The van der Waals surface area contributed by atoms with E-state index in [4.69, 9.17) is 11.1 Å². The Morgan fingerprint density at radius 2 is 1.95 bits per heavy atom. The number of hydrogen-bond acceptors (Lipinski definition) is 2. The molecule has 1 aromatic heterocycles. The standard InChI is InChI=1S/C19H26N2S/c1-2-3-4-5-6-7-8-9-11-15-12-10-13-17-16(15)14-18(22-17)19(20)21/h9-14H,2-8H2,1H3,(H3,20,21). The molecule has 0 radical (unpaired) electrons. The van der Waals surface area contributed by atoms with E-state index in [9.17, 15) is 0 Å². The minimum atomic E-state index is 0.156. The normalized spacial score (nSPS) is 11.5. The van der Waals surface area contributed by atoms with Crippen molar-refractivity contribution in [2.45, 2.75) is 51.9 Å². The van der Waals surface area contributed by atoms with E-state index >= 15 is 0 Å². The van der Waals surface area contributed by atoms with Crippen LogP contribution in [0.3, 0.4) is 0 Å². The predicted molar refractivity (Wildman–Crippen MR) is 99.9 cm³/mol. The molecule has 0 bridgehead atoms. The van der Waals surface area contributed by atoms with E-state index in [0.29, 0.717) is 0 Å². The highest BCUT2D eigenvalue weighted by molar-refractivity contribution is 7.20. The lowest BCUT2D eigenvalue weighted by molar-refractivity contribution is 0.611. The second-order valence-corrected chi connectivity index (χ2v) is 6.83. The van der Waals surface area contributed by atoms with Gasteiger partial charge in [-0.15, -0.1) is 11.3 Å². The summed E-state index contributed by atoms with van der Waals surface area (Å²) >= 11 is 1.59. The lowest BCUT2D eigenvalue weighted by Gasteiger charge is -1.99. The van der Waals surface area contributed by atoms with Gasteiger partial charge in [0, 0.05) is 10.1 Å². The van der Waals surface area contributed by atoms with Crippen molar-refractivity contribution < 1.29 is 0 Å². The smallest absolute Gasteiger partial charge is 0.133 e. The van der Waals surface area contributed by atoms with Crippen LogP contribution in [0.2, 0.25) is 0 Å². The van der Waals surface area contributed by atoms with Crippen LogP contribution in [0.25, 0.3) is 16.2 Å². The van der Waals surface area contributed by atoms with E-state index in [-0.39, 0.29) is 5.84 Å². The Labute approximate surface area is 137 Å². The molecule has 0 aliphatic carbocycles. The lowest BCUT2D eigenvalue weighted by Crippen LogP contribution is -2.08. The van der Waals surface area contributed by atoms with Crippen LogP contribution in [-0.2, 0) is 0 Å². The number of amidine groups is 1. The summed E-state index contributed by atoms with van der Waals surface area (Å²) < 4.78 is 1.20. The summed E-state index contributed by atoms with van der Waals surface area (Å²) in [6.45, 7) is 2.26. The first-order valence-electron chi connectivity index (χ1n) is 8.26. The summed E-state index contributed by atoms with van der Waals surface area (Å²) in [5.74, 6) is 0.156. The molecule has 0 saturated carbocycles. The van der Waals surface area contributed by atoms with Crippen molar-refractivity contribution in [1.29, 1.82) is 5.41 Å². The minimum absolute atomic E-state index is 0.156. The molecular weight excluding hydrogens is 288 g/mol. The first kappa shape index (κ1) is 16.8.